The van der Waals surface area contributed by atoms with E-state index in [2.05, 4.69) is 43.4 Å². The van der Waals surface area contributed by atoms with E-state index in [4.69, 9.17) is 10.5 Å². The Morgan fingerprint density at radius 3 is 2.21 bits per heavy atom. The second-order valence-electron chi connectivity index (χ2n) is 6.22. The summed E-state index contributed by atoms with van der Waals surface area (Å²) >= 11 is 0. The minimum atomic E-state index is 0.203. The zero-order valence-corrected chi connectivity index (χ0v) is 14.9. The van der Waals surface area contributed by atoms with Crippen molar-refractivity contribution in [1.29, 1.82) is 0 Å². The Kier molecular flexibility index (Phi) is 7.80. The van der Waals surface area contributed by atoms with Crippen molar-refractivity contribution in [2.24, 2.45) is 11.7 Å². The van der Waals surface area contributed by atoms with E-state index in [-0.39, 0.29) is 6.04 Å². The largest absolute Gasteiger partial charge is 0.489 e. The summed E-state index contributed by atoms with van der Waals surface area (Å²) in [4.78, 5) is 0. The molecule has 0 saturated heterocycles. The number of benzene rings is 2. The zero-order valence-electron chi connectivity index (χ0n) is 14.9. The third-order valence-corrected chi connectivity index (χ3v) is 4.57. The second kappa shape index (κ2) is 10.1. The molecule has 0 aromatic heterocycles. The van der Waals surface area contributed by atoms with Gasteiger partial charge in [0.2, 0.25) is 0 Å². The number of hydrogen-bond acceptors (Lipinski definition) is 3. The van der Waals surface area contributed by atoms with E-state index < -0.39 is 0 Å². The summed E-state index contributed by atoms with van der Waals surface area (Å²) in [7, 11) is 0. The molecule has 3 nitrogen and oxygen atoms in total. The fraction of sp³-hybridized carbons (Fsp3) is 0.429. The maximum atomic E-state index is 5.95. The molecule has 0 spiro atoms. The van der Waals surface area contributed by atoms with Gasteiger partial charge in [-0.1, -0.05) is 69.2 Å². The van der Waals surface area contributed by atoms with Gasteiger partial charge in [0.15, 0.2) is 0 Å². The van der Waals surface area contributed by atoms with Gasteiger partial charge in [-0.3, -0.25) is 0 Å². The smallest absolute Gasteiger partial charge is 0.119 e. The first-order valence-corrected chi connectivity index (χ1v) is 8.96. The lowest BCUT2D eigenvalue weighted by atomic mass is 10.0. The van der Waals surface area contributed by atoms with Crippen molar-refractivity contribution in [3.8, 4) is 5.75 Å². The molecular formula is C21H30N2O. The van der Waals surface area contributed by atoms with Gasteiger partial charge in [0.05, 0.1) is 0 Å². The van der Waals surface area contributed by atoms with Crippen LogP contribution in [0.3, 0.4) is 0 Å². The first kappa shape index (κ1) is 18.5. The van der Waals surface area contributed by atoms with Crippen molar-refractivity contribution in [3.05, 3.63) is 65.7 Å². The van der Waals surface area contributed by atoms with Crippen LogP contribution in [-0.2, 0) is 6.61 Å². The molecule has 0 fully saturated rings. The van der Waals surface area contributed by atoms with Crippen LogP contribution in [0.4, 0.5) is 0 Å². The van der Waals surface area contributed by atoms with Crippen LogP contribution in [0.15, 0.2) is 54.6 Å². The summed E-state index contributed by atoms with van der Waals surface area (Å²) in [6.45, 7) is 6.69. The molecule has 1 unspecified atom stereocenters. The third-order valence-electron chi connectivity index (χ3n) is 4.57. The highest BCUT2D eigenvalue weighted by Gasteiger charge is 2.11. The highest BCUT2D eigenvalue weighted by molar-refractivity contribution is 5.29. The minimum absolute atomic E-state index is 0.203. The van der Waals surface area contributed by atoms with E-state index in [1.54, 1.807) is 0 Å². The zero-order chi connectivity index (χ0) is 17.2. The fourth-order valence-electron chi connectivity index (χ4n) is 2.76. The summed E-state index contributed by atoms with van der Waals surface area (Å²) in [6.07, 6.45) is 2.40. The van der Waals surface area contributed by atoms with Crippen LogP contribution in [0.1, 0.15) is 43.9 Å². The molecular weight excluding hydrogens is 296 g/mol. The minimum Gasteiger partial charge on any atom is -0.489 e. The Bertz CT molecular complexity index is 564. The van der Waals surface area contributed by atoms with Gasteiger partial charge in [0.25, 0.3) is 0 Å². The van der Waals surface area contributed by atoms with E-state index in [1.165, 1.54) is 24.0 Å². The molecule has 0 aliphatic carbocycles. The highest BCUT2D eigenvalue weighted by atomic mass is 16.5. The molecule has 0 bridgehead atoms. The average molecular weight is 326 g/mol. The van der Waals surface area contributed by atoms with E-state index in [0.29, 0.717) is 19.1 Å². The molecule has 0 heterocycles. The molecule has 0 amide bonds. The molecule has 0 saturated carbocycles. The van der Waals surface area contributed by atoms with Crippen molar-refractivity contribution < 1.29 is 4.74 Å². The normalized spacial score (nSPS) is 12.3. The molecule has 24 heavy (non-hydrogen) atoms. The summed E-state index contributed by atoms with van der Waals surface area (Å²) in [5, 5.41) is 3.60. The second-order valence-corrected chi connectivity index (χ2v) is 6.22. The van der Waals surface area contributed by atoms with Gasteiger partial charge in [-0.25, -0.2) is 0 Å². The summed E-state index contributed by atoms with van der Waals surface area (Å²) < 4.78 is 5.84. The summed E-state index contributed by atoms with van der Waals surface area (Å²) in [6, 6.07) is 18.7. The Morgan fingerprint density at radius 2 is 1.62 bits per heavy atom. The SMILES string of the molecule is CCC(CC)CNC(CN)c1ccc(OCc2ccccc2)cc1. The van der Waals surface area contributed by atoms with Crippen LogP contribution >= 0.6 is 0 Å². The van der Waals surface area contributed by atoms with Gasteiger partial charge in [-0.15, -0.1) is 0 Å². The van der Waals surface area contributed by atoms with E-state index >= 15 is 0 Å². The molecule has 2 rings (SSSR count). The maximum absolute atomic E-state index is 5.95. The monoisotopic (exact) mass is 326 g/mol. The lowest BCUT2D eigenvalue weighted by Gasteiger charge is -2.21. The number of rotatable bonds is 10. The summed E-state index contributed by atoms with van der Waals surface area (Å²) in [5.74, 6) is 1.60. The number of hydrogen-bond donors (Lipinski definition) is 2. The molecule has 0 aliphatic heterocycles. The Hall–Kier alpha value is -1.84. The van der Waals surface area contributed by atoms with Crippen molar-refractivity contribution in [2.75, 3.05) is 13.1 Å². The predicted octanol–water partition coefficient (Wildman–Crippen LogP) is 4.29. The standard InChI is InChI=1S/C21H30N2O/c1-3-17(4-2)15-23-21(14-22)19-10-12-20(13-11-19)24-16-18-8-6-5-7-9-18/h5-13,17,21,23H,3-4,14-16,22H2,1-2H3. The lowest BCUT2D eigenvalue weighted by molar-refractivity contribution is 0.306. The van der Waals surface area contributed by atoms with Gasteiger partial charge in [0.1, 0.15) is 12.4 Å². The van der Waals surface area contributed by atoms with E-state index in [0.717, 1.165) is 12.3 Å². The van der Waals surface area contributed by atoms with E-state index in [9.17, 15) is 0 Å². The Balaban J connectivity index is 1.89. The van der Waals surface area contributed by atoms with Crippen LogP contribution in [0.5, 0.6) is 5.75 Å². The Morgan fingerprint density at radius 1 is 0.958 bits per heavy atom. The van der Waals surface area contributed by atoms with Crippen LogP contribution in [0.2, 0.25) is 0 Å². The molecule has 1 atom stereocenters. The Labute approximate surface area is 146 Å². The number of ether oxygens (including phenoxy) is 1. The molecule has 130 valence electrons. The average Bonchev–Trinajstić information content (AvgIpc) is 2.65. The predicted molar refractivity (Wildman–Crippen MR) is 101 cm³/mol. The van der Waals surface area contributed by atoms with Crippen molar-refractivity contribution in [1.82, 2.24) is 5.32 Å². The van der Waals surface area contributed by atoms with E-state index in [1.807, 2.05) is 30.3 Å². The highest BCUT2D eigenvalue weighted by Crippen LogP contribution is 2.19. The van der Waals surface area contributed by atoms with Crippen molar-refractivity contribution >= 4 is 0 Å². The van der Waals surface area contributed by atoms with Gasteiger partial charge in [-0.2, -0.15) is 0 Å². The number of nitrogens with two attached hydrogens (primary N) is 1. The topological polar surface area (TPSA) is 47.3 Å². The fourth-order valence-corrected chi connectivity index (χ4v) is 2.76. The van der Waals surface area contributed by atoms with Crippen LogP contribution in [0, 0.1) is 5.92 Å². The first-order valence-electron chi connectivity index (χ1n) is 8.96. The molecule has 0 aliphatic rings. The first-order chi connectivity index (χ1) is 11.8. The van der Waals surface area contributed by atoms with Gasteiger partial charge >= 0.3 is 0 Å². The van der Waals surface area contributed by atoms with Gasteiger partial charge in [-0.05, 0) is 35.7 Å². The quantitative estimate of drug-likeness (QED) is 0.684. The van der Waals surface area contributed by atoms with Gasteiger partial charge < -0.3 is 15.8 Å². The van der Waals surface area contributed by atoms with Crippen LogP contribution < -0.4 is 15.8 Å². The molecule has 3 N–H and O–H groups in total. The molecule has 2 aromatic rings. The summed E-state index contributed by atoms with van der Waals surface area (Å²) in [5.41, 5.74) is 8.35. The molecule has 0 radical (unpaired) electrons. The van der Waals surface area contributed by atoms with Crippen LogP contribution in [0.25, 0.3) is 0 Å². The maximum Gasteiger partial charge on any atom is 0.119 e. The van der Waals surface area contributed by atoms with Crippen molar-refractivity contribution in [3.63, 3.8) is 0 Å². The third kappa shape index (κ3) is 5.66. The lowest BCUT2D eigenvalue weighted by Crippen LogP contribution is -2.32. The molecule has 3 heteroatoms. The van der Waals surface area contributed by atoms with Gasteiger partial charge in [0, 0.05) is 12.6 Å². The van der Waals surface area contributed by atoms with Crippen LogP contribution in [-0.4, -0.2) is 13.1 Å². The molecule has 2 aromatic carbocycles. The van der Waals surface area contributed by atoms with Crippen molar-refractivity contribution in [2.45, 2.75) is 39.3 Å². The number of nitrogens with one attached hydrogen (secondary N) is 1.